The van der Waals surface area contributed by atoms with Gasteiger partial charge in [-0.3, -0.25) is 0 Å². The molecule has 0 aliphatic carbocycles. The van der Waals surface area contributed by atoms with Crippen molar-refractivity contribution in [1.29, 1.82) is 0 Å². The van der Waals surface area contributed by atoms with Crippen LogP contribution in [0.1, 0.15) is 0 Å². The maximum Gasteiger partial charge on any atom is 0.160 e. The summed E-state index contributed by atoms with van der Waals surface area (Å²) in [6.07, 6.45) is 0. The Balaban J connectivity index is 2.11. The first-order chi connectivity index (χ1) is 15.1. The molecule has 0 radical (unpaired) electrons. The Morgan fingerprint density at radius 3 is 0.969 bits per heavy atom. The quantitative estimate of drug-likeness (QED) is 0.300. The molecule has 162 valence electrons. The highest BCUT2D eigenvalue weighted by molar-refractivity contribution is 5.78. The van der Waals surface area contributed by atoms with Crippen molar-refractivity contribution >= 4 is 0 Å². The zero-order chi connectivity index (χ0) is 23.2. The lowest BCUT2D eigenvalue weighted by atomic mass is 9.97. The van der Waals surface area contributed by atoms with Crippen molar-refractivity contribution in [2.24, 2.45) is 0 Å². The Labute approximate surface area is 175 Å². The van der Waals surface area contributed by atoms with Crippen molar-refractivity contribution in [3.05, 3.63) is 101 Å². The number of nitrogens with zero attached hydrogens (tertiary/aromatic N) is 1. The summed E-state index contributed by atoms with van der Waals surface area (Å²) in [6, 6.07) is 5.47. The second kappa shape index (κ2) is 8.07. The minimum Gasteiger partial charge on any atom is -0.242 e. The number of hydrogen-bond donors (Lipinski definition) is 0. The van der Waals surface area contributed by atoms with Crippen molar-refractivity contribution in [1.82, 2.24) is 4.98 Å². The van der Waals surface area contributed by atoms with Gasteiger partial charge in [-0.05, 0) is 42.0 Å². The molecule has 1 aromatic heterocycles. The van der Waals surface area contributed by atoms with E-state index in [2.05, 4.69) is 4.98 Å². The molecule has 1 heterocycles. The van der Waals surface area contributed by atoms with Gasteiger partial charge in [-0.25, -0.2) is 40.1 Å². The van der Waals surface area contributed by atoms with Crippen LogP contribution in [0.4, 0.5) is 35.1 Å². The molecule has 0 aliphatic heterocycles. The number of aromatic nitrogens is 1. The van der Waals surface area contributed by atoms with Crippen molar-refractivity contribution in [3.8, 4) is 33.6 Å². The standard InChI is InChI=1S/C23H9F8N/c24-13-1-10(2-14(25)7-13)19-20(30)22(11-3-15(26)8-16(27)4-11)32-23(21(19)31)12-5-17(28)9-18(29)6-12/h1-9H. The molecule has 4 rings (SSSR count). The molecule has 3 aromatic carbocycles. The van der Waals surface area contributed by atoms with Gasteiger partial charge >= 0.3 is 0 Å². The van der Waals surface area contributed by atoms with E-state index in [4.69, 9.17) is 0 Å². The fourth-order valence-corrected chi connectivity index (χ4v) is 3.26. The van der Waals surface area contributed by atoms with E-state index in [1.807, 2.05) is 0 Å². The number of pyridine rings is 1. The highest BCUT2D eigenvalue weighted by Gasteiger charge is 2.25. The average Bonchev–Trinajstić information content (AvgIpc) is 2.65. The fourth-order valence-electron chi connectivity index (χ4n) is 3.26. The van der Waals surface area contributed by atoms with E-state index < -0.39 is 80.2 Å². The second-order valence-electron chi connectivity index (χ2n) is 6.79. The molecule has 1 nitrogen and oxygen atoms in total. The molecular weight excluding hydrogens is 442 g/mol. The Hall–Kier alpha value is -3.75. The van der Waals surface area contributed by atoms with Gasteiger partial charge in [0.05, 0.1) is 5.56 Å². The van der Waals surface area contributed by atoms with Gasteiger partial charge in [-0.15, -0.1) is 0 Å². The summed E-state index contributed by atoms with van der Waals surface area (Å²) >= 11 is 0. The van der Waals surface area contributed by atoms with Crippen LogP contribution in [0, 0.1) is 46.5 Å². The van der Waals surface area contributed by atoms with E-state index in [9.17, 15) is 26.3 Å². The maximum absolute atomic E-state index is 15.3. The SMILES string of the molecule is Fc1cc(F)cc(-c2nc(-c3cc(F)cc(F)c3)c(F)c(-c3cc(F)cc(F)c3)c2F)c1. The summed E-state index contributed by atoms with van der Waals surface area (Å²) in [7, 11) is 0. The van der Waals surface area contributed by atoms with Gasteiger partial charge < -0.3 is 0 Å². The van der Waals surface area contributed by atoms with Gasteiger partial charge in [0.15, 0.2) is 11.6 Å². The van der Waals surface area contributed by atoms with Crippen LogP contribution in [-0.4, -0.2) is 4.98 Å². The normalized spacial score (nSPS) is 11.1. The zero-order valence-corrected chi connectivity index (χ0v) is 15.7. The lowest BCUT2D eigenvalue weighted by molar-refractivity contribution is 0.574. The van der Waals surface area contributed by atoms with E-state index in [0.717, 1.165) is 0 Å². The van der Waals surface area contributed by atoms with Crippen molar-refractivity contribution in [3.63, 3.8) is 0 Å². The third kappa shape index (κ3) is 4.05. The zero-order valence-electron chi connectivity index (χ0n) is 15.7. The van der Waals surface area contributed by atoms with Gasteiger partial charge in [0.2, 0.25) is 0 Å². The topological polar surface area (TPSA) is 12.9 Å². The van der Waals surface area contributed by atoms with Crippen LogP contribution in [0.15, 0.2) is 54.6 Å². The molecule has 0 saturated carbocycles. The van der Waals surface area contributed by atoms with Gasteiger partial charge in [0, 0.05) is 29.3 Å². The predicted molar refractivity (Wildman–Crippen MR) is 100 cm³/mol. The first-order valence-electron chi connectivity index (χ1n) is 8.91. The molecular formula is C23H9F8N. The minimum atomic E-state index is -1.49. The molecule has 0 saturated heterocycles. The van der Waals surface area contributed by atoms with Crippen LogP contribution >= 0.6 is 0 Å². The van der Waals surface area contributed by atoms with Crippen LogP contribution in [0.2, 0.25) is 0 Å². The molecule has 0 N–H and O–H groups in total. The summed E-state index contributed by atoms with van der Waals surface area (Å²) in [5.41, 5.74) is -4.16. The minimum absolute atomic E-state index is 0.465. The number of hydrogen-bond acceptors (Lipinski definition) is 1. The molecule has 0 fully saturated rings. The molecule has 0 spiro atoms. The van der Waals surface area contributed by atoms with Crippen LogP contribution in [0.25, 0.3) is 33.6 Å². The lowest BCUT2D eigenvalue weighted by Crippen LogP contribution is -2.03. The maximum atomic E-state index is 15.3. The van der Waals surface area contributed by atoms with E-state index >= 15 is 8.78 Å². The largest absolute Gasteiger partial charge is 0.242 e. The third-order valence-electron chi connectivity index (χ3n) is 4.50. The molecule has 0 amide bonds. The highest BCUT2D eigenvalue weighted by atomic mass is 19.2. The van der Waals surface area contributed by atoms with Crippen LogP contribution in [0.3, 0.4) is 0 Å². The van der Waals surface area contributed by atoms with Gasteiger partial charge in [0.25, 0.3) is 0 Å². The number of halogens is 8. The Morgan fingerprint density at radius 1 is 0.375 bits per heavy atom. The Morgan fingerprint density at radius 2 is 0.656 bits per heavy atom. The Kier molecular flexibility index (Phi) is 5.41. The molecule has 0 unspecified atom stereocenters. The molecule has 0 atom stereocenters. The van der Waals surface area contributed by atoms with Gasteiger partial charge in [0.1, 0.15) is 46.3 Å². The summed E-state index contributed by atoms with van der Waals surface area (Å²) in [6.45, 7) is 0. The monoisotopic (exact) mass is 451 g/mol. The molecule has 0 aliphatic rings. The number of benzene rings is 3. The van der Waals surface area contributed by atoms with Gasteiger partial charge in [-0.1, -0.05) is 0 Å². The summed E-state index contributed by atoms with van der Waals surface area (Å²) in [5, 5.41) is 0. The van der Waals surface area contributed by atoms with E-state index in [1.54, 1.807) is 0 Å². The first kappa shape index (κ1) is 21.5. The number of rotatable bonds is 3. The third-order valence-corrected chi connectivity index (χ3v) is 4.50. The highest BCUT2D eigenvalue weighted by Crippen LogP contribution is 2.38. The van der Waals surface area contributed by atoms with Gasteiger partial charge in [-0.2, -0.15) is 0 Å². The van der Waals surface area contributed by atoms with Crippen LogP contribution < -0.4 is 0 Å². The van der Waals surface area contributed by atoms with Crippen molar-refractivity contribution in [2.75, 3.05) is 0 Å². The van der Waals surface area contributed by atoms with Crippen LogP contribution in [0.5, 0.6) is 0 Å². The van der Waals surface area contributed by atoms with E-state index in [1.165, 1.54) is 0 Å². The average molecular weight is 451 g/mol. The lowest BCUT2D eigenvalue weighted by Gasteiger charge is -2.15. The molecule has 4 aromatic rings. The van der Waals surface area contributed by atoms with Crippen LogP contribution in [-0.2, 0) is 0 Å². The fraction of sp³-hybridized carbons (Fsp3) is 0. The summed E-state index contributed by atoms with van der Waals surface area (Å²) < 4.78 is 113. The van der Waals surface area contributed by atoms with Crippen molar-refractivity contribution in [2.45, 2.75) is 0 Å². The molecule has 0 bridgehead atoms. The second-order valence-corrected chi connectivity index (χ2v) is 6.79. The van der Waals surface area contributed by atoms with Crippen molar-refractivity contribution < 1.29 is 35.1 Å². The summed E-state index contributed by atoms with van der Waals surface area (Å²) in [4.78, 5) is 3.70. The predicted octanol–water partition coefficient (Wildman–Crippen LogP) is 7.20. The van der Waals surface area contributed by atoms with E-state index in [0.29, 0.717) is 54.6 Å². The smallest absolute Gasteiger partial charge is 0.160 e. The molecule has 9 heteroatoms. The molecule has 32 heavy (non-hydrogen) atoms. The first-order valence-corrected chi connectivity index (χ1v) is 8.91. The Bertz CT molecular complexity index is 1230. The van der Waals surface area contributed by atoms with E-state index in [-0.39, 0.29) is 0 Å². The summed E-state index contributed by atoms with van der Waals surface area (Å²) in [5.74, 6) is -9.73.